The summed E-state index contributed by atoms with van der Waals surface area (Å²) in [6.45, 7) is -0.0794. The Kier molecular flexibility index (Phi) is 10.6. The number of carbonyl (C=O) groups excluding carboxylic acids is 4. The van der Waals surface area contributed by atoms with Gasteiger partial charge in [-0.05, 0) is 49.9 Å². The summed E-state index contributed by atoms with van der Waals surface area (Å²) in [5, 5.41) is 17.2. The zero-order chi connectivity index (χ0) is 30.7. The number of aliphatic carboxylic acids is 1. The topological polar surface area (TPSA) is 163 Å². The Labute approximate surface area is 250 Å². The molecule has 3 aliphatic rings. The molecule has 4 N–H and O–H groups in total. The lowest BCUT2D eigenvalue weighted by Gasteiger charge is -2.33. The number of carboxylic acid groups (broad SMARTS) is 1. The summed E-state index contributed by atoms with van der Waals surface area (Å²) < 4.78 is 5.24. The summed E-state index contributed by atoms with van der Waals surface area (Å²) in [4.78, 5) is 63.7. The van der Waals surface area contributed by atoms with Crippen molar-refractivity contribution in [3.63, 3.8) is 0 Å². The van der Waals surface area contributed by atoms with Crippen LogP contribution in [0.1, 0.15) is 84.9 Å². The van der Waals surface area contributed by atoms with Crippen LogP contribution in [0, 0.1) is 0 Å². The van der Waals surface area contributed by atoms with Gasteiger partial charge in [-0.25, -0.2) is 14.6 Å². The molecule has 0 unspecified atom stereocenters. The van der Waals surface area contributed by atoms with Gasteiger partial charge < -0.3 is 25.8 Å². The van der Waals surface area contributed by atoms with Crippen molar-refractivity contribution in [1.29, 1.82) is 0 Å². The number of rotatable bonds is 8. The second-order valence-electron chi connectivity index (χ2n) is 11.1. The predicted molar refractivity (Wildman–Crippen MR) is 158 cm³/mol. The summed E-state index contributed by atoms with van der Waals surface area (Å²) in [5.41, 5.74) is -0.826. The van der Waals surface area contributed by atoms with E-state index in [2.05, 4.69) is 20.9 Å². The fraction of sp³-hybridized carbons (Fsp3) is 0.438. The van der Waals surface area contributed by atoms with Crippen molar-refractivity contribution in [2.75, 3.05) is 13.1 Å². The summed E-state index contributed by atoms with van der Waals surface area (Å²) in [7, 11) is 0. The molecule has 228 valence electrons. The van der Waals surface area contributed by atoms with Gasteiger partial charge in [-0.1, -0.05) is 74.9 Å². The second-order valence-corrected chi connectivity index (χ2v) is 11.1. The van der Waals surface area contributed by atoms with E-state index in [1.807, 2.05) is 6.07 Å². The maximum absolute atomic E-state index is 12.0. The lowest BCUT2D eigenvalue weighted by Crippen LogP contribution is -2.57. The highest BCUT2D eigenvalue weighted by molar-refractivity contribution is 6.03. The number of cyclic esters (lactones) is 1. The molecule has 2 saturated carbocycles. The van der Waals surface area contributed by atoms with E-state index in [1.54, 1.807) is 54.6 Å². The van der Waals surface area contributed by atoms with E-state index in [-0.39, 0.29) is 30.9 Å². The van der Waals surface area contributed by atoms with Gasteiger partial charge in [0.2, 0.25) is 11.8 Å². The van der Waals surface area contributed by atoms with Gasteiger partial charge in [0.25, 0.3) is 11.8 Å². The number of hydrogen-bond acceptors (Lipinski definition) is 7. The van der Waals surface area contributed by atoms with Gasteiger partial charge in [0, 0.05) is 11.1 Å². The first-order valence-electron chi connectivity index (χ1n) is 14.7. The fourth-order valence-corrected chi connectivity index (χ4v) is 5.60. The largest absolute Gasteiger partial charge is 0.480 e. The van der Waals surface area contributed by atoms with Gasteiger partial charge >= 0.3 is 11.9 Å². The molecule has 0 radical (unpaired) electrons. The van der Waals surface area contributed by atoms with Crippen molar-refractivity contribution in [2.24, 2.45) is 4.99 Å². The number of amides is 3. The third kappa shape index (κ3) is 8.27. The Morgan fingerprint density at radius 3 is 1.79 bits per heavy atom. The Morgan fingerprint density at radius 1 is 0.744 bits per heavy atom. The number of benzene rings is 2. The molecule has 0 bridgehead atoms. The zero-order valence-electron chi connectivity index (χ0n) is 24.1. The number of hydrogen-bond donors (Lipinski definition) is 4. The van der Waals surface area contributed by atoms with Gasteiger partial charge in [-0.2, -0.15) is 0 Å². The molecule has 5 rings (SSSR count). The summed E-state index contributed by atoms with van der Waals surface area (Å²) in [5.74, 6) is -1.97. The quantitative estimate of drug-likeness (QED) is 0.342. The minimum Gasteiger partial charge on any atom is -0.480 e. The standard InChI is InChI=1S/C16H20N2O4.C16H18N2O3/c19-13(11-17-14(20)12-7-3-1-4-8-12)18-16(15(21)22)9-5-2-6-10-16;19-14(12-7-3-1-4-8-12)17-11-13-18-16(15(20)21-13)9-5-2-6-10-16/h1,3-4,7-8H,2,5-6,9-11H2,(H,17,20)(H,18,19)(H,21,22);1,3-4,7-8H,2,5-6,9-11H2,(H,17,19). The highest BCUT2D eigenvalue weighted by Gasteiger charge is 2.46. The van der Waals surface area contributed by atoms with E-state index in [4.69, 9.17) is 4.74 Å². The molecule has 1 spiro atoms. The number of carboxylic acids is 1. The molecule has 1 aliphatic heterocycles. The summed E-state index contributed by atoms with van der Waals surface area (Å²) in [6.07, 6.45) is 8.06. The lowest BCUT2D eigenvalue weighted by atomic mass is 9.81. The number of ether oxygens (including phenoxy) is 1. The zero-order valence-corrected chi connectivity index (χ0v) is 24.1. The van der Waals surface area contributed by atoms with Crippen LogP contribution in [0.3, 0.4) is 0 Å². The Balaban J connectivity index is 0.000000197. The molecule has 2 aromatic rings. The van der Waals surface area contributed by atoms with E-state index in [0.29, 0.717) is 29.9 Å². The molecule has 3 amide bonds. The van der Waals surface area contributed by atoms with E-state index < -0.39 is 23.0 Å². The molecule has 0 saturated heterocycles. The van der Waals surface area contributed by atoms with Crippen LogP contribution in [0.4, 0.5) is 0 Å². The van der Waals surface area contributed by atoms with Crippen molar-refractivity contribution >= 4 is 35.6 Å². The fourth-order valence-electron chi connectivity index (χ4n) is 5.60. The first-order chi connectivity index (χ1) is 20.7. The van der Waals surface area contributed by atoms with Crippen LogP contribution < -0.4 is 16.0 Å². The molecule has 11 nitrogen and oxygen atoms in total. The molecule has 2 aliphatic carbocycles. The molecule has 2 aromatic carbocycles. The summed E-state index contributed by atoms with van der Waals surface area (Å²) in [6, 6.07) is 17.5. The Bertz CT molecular complexity index is 1330. The first kappa shape index (κ1) is 31.4. The monoisotopic (exact) mass is 590 g/mol. The summed E-state index contributed by atoms with van der Waals surface area (Å²) >= 11 is 0. The third-order valence-electron chi connectivity index (χ3n) is 7.99. The van der Waals surface area contributed by atoms with Crippen molar-refractivity contribution in [2.45, 2.75) is 75.3 Å². The molecule has 1 heterocycles. The van der Waals surface area contributed by atoms with Gasteiger partial charge in [-0.3, -0.25) is 14.4 Å². The van der Waals surface area contributed by atoms with Gasteiger partial charge in [-0.15, -0.1) is 0 Å². The molecule has 0 atom stereocenters. The predicted octanol–water partition coefficient (Wildman–Crippen LogP) is 3.39. The van der Waals surface area contributed by atoms with Crippen LogP contribution in [-0.2, 0) is 19.1 Å². The van der Waals surface area contributed by atoms with Crippen LogP contribution in [-0.4, -0.2) is 64.8 Å². The number of carbonyl (C=O) groups is 5. The average Bonchev–Trinajstić information content (AvgIpc) is 3.33. The van der Waals surface area contributed by atoms with Crippen LogP contribution >= 0.6 is 0 Å². The molecule has 2 fully saturated rings. The normalized spacial score (nSPS) is 18.2. The van der Waals surface area contributed by atoms with Crippen LogP contribution in [0.5, 0.6) is 0 Å². The maximum Gasteiger partial charge on any atom is 0.340 e. The number of aliphatic imine (C=N–C) groups is 1. The van der Waals surface area contributed by atoms with E-state index >= 15 is 0 Å². The van der Waals surface area contributed by atoms with Crippen LogP contribution in [0.15, 0.2) is 65.7 Å². The van der Waals surface area contributed by atoms with Crippen molar-refractivity contribution < 1.29 is 33.8 Å². The second kappa shape index (κ2) is 14.6. The number of nitrogens with zero attached hydrogens (tertiary/aromatic N) is 1. The average molecular weight is 591 g/mol. The van der Waals surface area contributed by atoms with E-state index in [1.165, 1.54) is 0 Å². The van der Waals surface area contributed by atoms with Crippen molar-refractivity contribution in [1.82, 2.24) is 16.0 Å². The molecule has 11 heteroatoms. The van der Waals surface area contributed by atoms with E-state index in [9.17, 15) is 29.1 Å². The number of nitrogens with one attached hydrogen (secondary N) is 3. The molecular weight excluding hydrogens is 552 g/mol. The van der Waals surface area contributed by atoms with Gasteiger partial charge in [0.15, 0.2) is 5.54 Å². The molecule has 43 heavy (non-hydrogen) atoms. The van der Waals surface area contributed by atoms with Crippen molar-refractivity contribution in [3.8, 4) is 0 Å². The smallest absolute Gasteiger partial charge is 0.340 e. The van der Waals surface area contributed by atoms with Gasteiger partial charge in [0.1, 0.15) is 5.54 Å². The lowest BCUT2D eigenvalue weighted by molar-refractivity contribution is -0.149. The highest BCUT2D eigenvalue weighted by Crippen LogP contribution is 2.36. The van der Waals surface area contributed by atoms with Crippen LogP contribution in [0.2, 0.25) is 0 Å². The van der Waals surface area contributed by atoms with Gasteiger partial charge in [0.05, 0.1) is 13.1 Å². The number of esters is 1. The first-order valence-corrected chi connectivity index (χ1v) is 14.7. The SMILES string of the molecule is O=C(CNC(=O)c1ccccc1)NC1(C(=O)O)CCCCC1.O=C(NCC1=NC2(CCCCC2)C(=O)O1)c1ccccc1. The molecular formula is C32H38N4O7. The minimum absolute atomic E-state index is 0.154. The van der Waals surface area contributed by atoms with E-state index in [0.717, 1.165) is 51.4 Å². The Morgan fingerprint density at radius 2 is 1.26 bits per heavy atom. The minimum atomic E-state index is -1.19. The highest BCUT2D eigenvalue weighted by atomic mass is 16.6. The Hall–Kier alpha value is -4.54. The van der Waals surface area contributed by atoms with Crippen molar-refractivity contribution in [3.05, 3.63) is 71.8 Å². The molecule has 0 aromatic heterocycles. The third-order valence-corrected chi connectivity index (χ3v) is 7.99. The maximum atomic E-state index is 12.0. The van der Waals surface area contributed by atoms with Crippen LogP contribution in [0.25, 0.3) is 0 Å².